The Labute approximate surface area is 127 Å². The van der Waals surface area contributed by atoms with Gasteiger partial charge in [0, 0.05) is 11.7 Å². The number of carbonyl (C=O) groups excluding carboxylic acids is 1. The second-order valence-electron chi connectivity index (χ2n) is 6.50. The predicted octanol–water partition coefficient (Wildman–Crippen LogP) is 4.26. The van der Waals surface area contributed by atoms with Crippen molar-refractivity contribution in [1.82, 2.24) is 4.90 Å². The molecule has 0 bridgehead atoms. The summed E-state index contributed by atoms with van der Waals surface area (Å²) >= 11 is 0. The summed E-state index contributed by atoms with van der Waals surface area (Å²) < 4.78 is 0. The van der Waals surface area contributed by atoms with E-state index < -0.39 is 0 Å². The smallest absolute Gasteiger partial charge is 0.257 e. The summed E-state index contributed by atoms with van der Waals surface area (Å²) in [4.78, 5) is 15.1. The first kappa shape index (κ1) is 14.4. The maximum Gasteiger partial charge on any atom is 0.257 e. The molecule has 3 rings (SSSR count). The van der Waals surface area contributed by atoms with Crippen LogP contribution in [0, 0.1) is 5.92 Å². The molecule has 1 amide bonds. The average molecular weight is 286 g/mol. The van der Waals surface area contributed by atoms with Gasteiger partial charge in [0.25, 0.3) is 5.91 Å². The minimum atomic E-state index is 0.169. The molecule has 114 valence electrons. The molecule has 1 fully saturated rings. The number of nitrogens with one attached hydrogen (secondary N) is 1. The number of anilines is 1. The first-order chi connectivity index (χ1) is 10.2. The van der Waals surface area contributed by atoms with Crippen LogP contribution < -0.4 is 5.32 Å². The van der Waals surface area contributed by atoms with Gasteiger partial charge in [0.05, 0.1) is 5.56 Å². The maximum absolute atomic E-state index is 13.0. The first-order valence-corrected chi connectivity index (χ1v) is 8.40. The Kier molecular flexibility index (Phi) is 4.18. The number of hydrogen-bond acceptors (Lipinski definition) is 2. The molecule has 3 nitrogen and oxygen atoms in total. The molecule has 1 saturated carbocycles. The van der Waals surface area contributed by atoms with Gasteiger partial charge in [0.15, 0.2) is 0 Å². The number of benzene rings is 1. The van der Waals surface area contributed by atoms with Crippen molar-refractivity contribution in [2.24, 2.45) is 5.92 Å². The van der Waals surface area contributed by atoms with E-state index in [-0.39, 0.29) is 18.1 Å². The van der Waals surface area contributed by atoms with E-state index in [0.29, 0.717) is 5.92 Å². The largest absolute Gasteiger partial charge is 0.364 e. The molecule has 2 atom stereocenters. The van der Waals surface area contributed by atoms with E-state index in [9.17, 15) is 4.79 Å². The van der Waals surface area contributed by atoms with E-state index in [2.05, 4.69) is 24.1 Å². The van der Waals surface area contributed by atoms with Crippen LogP contribution in [0.5, 0.6) is 0 Å². The summed E-state index contributed by atoms with van der Waals surface area (Å²) in [7, 11) is 0. The van der Waals surface area contributed by atoms with Gasteiger partial charge in [-0.1, -0.05) is 38.3 Å². The summed E-state index contributed by atoms with van der Waals surface area (Å²) in [5.74, 6) is 0.791. The number of amides is 1. The molecular formula is C18H26N2O. The normalized spacial score (nSPS) is 24.4. The van der Waals surface area contributed by atoms with E-state index in [1.807, 2.05) is 24.3 Å². The molecule has 2 aliphatic rings. The topological polar surface area (TPSA) is 32.3 Å². The third kappa shape index (κ3) is 2.66. The predicted molar refractivity (Wildman–Crippen MR) is 86.4 cm³/mol. The van der Waals surface area contributed by atoms with Crippen molar-refractivity contribution in [1.29, 1.82) is 0 Å². The molecule has 3 heteroatoms. The van der Waals surface area contributed by atoms with Crippen LogP contribution in [0.4, 0.5) is 5.69 Å². The van der Waals surface area contributed by atoms with E-state index in [4.69, 9.17) is 0 Å². The Morgan fingerprint density at radius 2 is 1.95 bits per heavy atom. The SMILES string of the molecule is CC[C@H](C)N1C(=O)c2ccccc2N[C@@H]1C1CCCCC1. The average Bonchev–Trinajstić information content (AvgIpc) is 2.55. The lowest BCUT2D eigenvalue weighted by Crippen LogP contribution is -2.56. The minimum absolute atomic E-state index is 0.169. The highest BCUT2D eigenvalue weighted by Gasteiger charge is 2.38. The van der Waals surface area contributed by atoms with Crippen LogP contribution in [0.2, 0.25) is 0 Å². The molecule has 21 heavy (non-hydrogen) atoms. The lowest BCUT2D eigenvalue weighted by molar-refractivity contribution is 0.0477. The quantitative estimate of drug-likeness (QED) is 0.900. The van der Waals surface area contributed by atoms with Crippen molar-refractivity contribution in [3.05, 3.63) is 29.8 Å². The second kappa shape index (κ2) is 6.08. The highest BCUT2D eigenvalue weighted by atomic mass is 16.2. The zero-order valence-corrected chi connectivity index (χ0v) is 13.1. The highest BCUT2D eigenvalue weighted by Crippen LogP contribution is 2.35. The van der Waals surface area contributed by atoms with Crippen molar-refractivity contribution in [2.45, 2.75) is 64.6 Å². The minimum Gasteiger partial charge on any atom is -0.364 e. The number of carbonyl (C=O) groups is 1. The van der Waals surface area contributed by atoms with E-state index in [0.717, 1.165) is 17.7 Å². The van der Waals surface area contributed by atoms with E-state index in [1.54, 1.807) is 0 Å². The zero-order chi connectivity index (χ0) is 14.8. The maximum atomic E-state index is 13.0. The molecule has 1 N–H and O–H groups in total. The van der Waals surface area contributed by atoms with Crippen molar-refractivity contribution in [2.75, 3.05) is 5.32 Å². The van der Waals surface area contributed by atoms with Crippen LogP contribution in [0.25, 0.3) is 0 Å². The van der Waals surface area contributed by atoms with Gasteiger partial charge in [-0.25, -0.2) is 0 Å². The van der Waals surface area contributed by atoms with Gasteiger partial charge in [0.1, 0.15) is 6.17 Å². The van der Waals surface area contributed by atoms with E-state index in [1.165, 1.54) is 32.1 Å². The lowest BCUT2D eigenvalue weighted by Gasteiger charge is -2.45. The Morgan fingerprint density at radius 1 is 1.24 bits per heavy atom. The van der Waals surface area contributed by atoms with Gasteiger partial charge in [-0.3, -0.25) is 4.79 Å². The Hall–Kier alpha value is -1.51. The third-order valence-electron chi connectivity index (χ3n) is 5.16. The highest BCUT2D eigenvalue weighted by molar-refractivity contribution is 6.01. The van der Waals surface area contributed by atoms with Crippen molar-refractivity contribution < 1.29 is 4.79 Å². The van der Waals surface area contributed by atoms with Crippen LogP contribution >= 0.6 is 0 Å². The van der Waals surface area contributed by atoms with Gasteiger partial charge in [-0.2, -0.15) is 0 Å². The molecule has 0 saturated heterocycles. The molecule has 0 unspecified atom stereocenters. The van der Waals surface area contributed by atoms with Gasteiger partial charge >= 0.3 is 0 Å². The lowest BCUT2D eigenvalue weighted by atomic mass is 9.84. The molecule has 1 aliphatic carbocycles. The standard InChI is InChI=1S/C18H26N2O/c1-3-13(2)20-17(14-9-5-4-6-10-14)19-16-12-8-7-11-15(16)18(20)21/h7-8,11-14,17,19H,3-6,9-10H2,1-2H3/t13-,17-/m0/s1. The zero-order valence-electron chi connectivity index (χ0n) is 13.1. The van der Waals surface area contributed by atoms with Crippen molar-refractivity contribution in [3.8, 4) is 0 Å². The van der Waals surface area contributed by atoms with Crippen molar-refractivity contribution >= 4 is 11.6 Å². The molecule has 1 aromatic rings. The summed E-state index contributed by atoms with van der Waals surface area (Å²) in [6, 6.07) is 8.23. The molecule has 1 aromatic carbocycles. The second-order valence-corrected chi connectivity index (χ2v) is 6.50. The molecular weight excluding hydrogens is 260 g/mol. The number of para-hydroxylation sites is 1. The first-order valence-electron chi connectivity index (χ1n) is 8.40. The van der Waals surface area contributed by atoms with Gasteiger partial charge in [-0.15, -0.1) is 0 Å². The number of hydrogen-bond donors (Lipinski definition) is 1. The summed E-state index contributed by atoms with van der Waals surface area (Å²) in [6.07, 6.45) is 7.58. The Balaban J connectivity index is 1.94. The van der Waals surface area contributed by atoms with Crippen LogP contribution in [0.3, 0.4) is 0 Å². The number of fused-ring (bicyclic) bond motifs is 1. The fourth-order valence-corrected chi connectivity index (χ4v) is 3.76. The van der Waals surface area contributed by atoms with Gasteiger partial charge in [0.2, 0.25) is 0 Å². The Bertz CT molecular complexity index is 508. The van der Waals surface area contributed by atoms with Crippen molar-refractivity contribution in [3.63, 3.8) is 0 Å². The summed E-state index contributed by atoms with van der Waals surface area (Å²) in [6.45, 7) is 4.33. The van der Waals surface area contributed by atoms with Gasteiger partial charge < -0.3 is 10.2 Å². The molecule has 0 aromatic heterocycles. The number of rotatable bonds is 3. The van der Waals surface area contributed by atoms with Crippen LogP contribution in [-0.4, -0.2) is 23.0 Å². The van der Waals surface area contributed by atoms with Crippen LogP contribution in [-0.2, 0) is 0 Å². The molecule has 1 heterocycles. The molecule has 0 spiro atoms. The Morgan fingerprint density at radius 3 is 2.67 bits per heavy atom. The summed E-state index contributed by atoms with van der Waals surface area (Å²) in [5.41, 5.74) is 1.84. The third-order valence-corrected chi connectivity index (χ3v) is 5.16. The van der Waals surface area contributed by atoms with Gasteiger partial charge in [-0.05, 0) is 44.2 Å². The monoisotopic (exact) mass is 286 g/mol. The summed E-state index contributed by atoms with van der Waals surface area (Å²) in [5, 5.41) is 3.67. The van der Waals surface area contributed by atoms with Crippen LogP contribution in [0.1, 0.15) is 62.7 Å². The number of nitrogens with zero attached hydrogens (tertiary/aromatic N) is 1. The fraction of sp³-hybridized carbons (Fsp3) is 0.611. The molecule has 0 radical (unpaired) electrons. The van der Waals surface area contributed by atoms with E-state index >= 15 is 0 Å². The fourth-order valence-electron chi connectivity index (χ4n) is 3.76. The molecule has 1 aliphatic heterocycles. The van der Waals surface area contributed by atoms with Crippen LogP contribution in [0.15, 0.2) is 24.3 Å².